The minimum absolute atomic E-state index is 0.0913. The summed E-state index contributed by atoms with van der Waals surface area (Å²) in [6.45, 7) is 8.04. The normalized spacial score (nSPS) is 18.9. The van der Waals surface area contributed by atoms with Gasteiger partial charge in [0.25, 0.3) is 11.8 Å². The van der Waals surface area contributed by atoms with Crippen LogP contribution >= 0.6 is 0 Å². The number of amides is 2. The first-order valence-corrected chi connectivity index (χ1v) is 15.9. The van der Waals surface area contributed by atoms with E-state index in [0.29, 0.717) is 28.9 Å². The number of rotatable bonds is 10. The van der Waals surface area contributed by atoms with Crippen molar-refractivity contribution in [3.05, 3.63) is 65.0 Å². The fourth-order valence-electron chi connectivity index (χ4n) is 6.89. The van der Waals surface area contributed by atoms with Gasteiger partial charge >= 0.3 is 0 Å². The molecule has 6 rings (SSSR count). The molecule has 3 aliphatic heterocycles. The van der Waals surface area contributed by atoms with E-state index in [1.54, 1.807) is 4.68 Å². The SMILES string of the molecule is COc1ccc(F)cc1C(=O)NCc1ccc(-c2nn(C3CCN(C4CCN(CC5CNC5)CC4)CC3)c(N)c2C(N)=O)cc1. The van der Waals surface area contributed by atoms with Crippen LogP contribution in [0.15, 0.2) is 42.5 Å². The molecule has 0 saturated carbocycles. The van der Waals surface area contributed by atoms with Crippen LogP contribution in [0.25, 0.3) is 11.3 Å². The summed E-state index contributed by atoms with van der Waals surface area (Å²) in [4.78, 5) is 30.5. The monoisotopic (exact) mass is 618 g/mol. The molecule has 4 heterocycles. The van der Waals surface area contributed by atoms with Crippen LogP contribution in [0.3, 0.4) is 0 Å². The first-order chi connectivity index (χ1) is 21.8. The molecule has 0 aliphatic carbocycles. The van der Waals surface area contributed by atoms with Gasteiger partial charge in [0.05, 0.1) is 18.7 Å². The topological polar surface area (TPSA) is 144 Å². The Morgan fingerprint density at radius 2 is 1.71 bits per heavy atom. The van der Waals surface area contributed by atoms with Gasteiger partial charge in [-0.25, -0.2) is 9.07 Å². The van der Waals surface area contributed by atoms with Crippen molar-refractivity contribution < 1.29 is 18.7 Å². The maximum atomic E-state index is 13.7. The van der Waals surface area contributed by atoms with Crippen molar-refractivity contribution >= 4 is 17.6 Å². The Morgan fingerprint density at radius 3 is 2.33 bits per heavy atom. The lowest BCUT2D eigenvalue weighted by atomic mass is 9.96. The highest BCUT2D eigenvalue weighted by molar-refractivity contribution is 6.03. The smallest absolute Gasteiger partial charge is 0.255 e. The Labute approximate surface area is 263 Å². The number of nitrogens with zero attached hydrogens (tertiary/aromatic N) is 4. The summed E-state index contributed by atoms with van der Waals surface area (Å²) >= 11 is 0. The van der Waals surface area contributed by atoms with E-state index in [1.807, 2.05) is 24.3 Å². The number of nitrogens with two attached hydrogens (primary N) is 2. The molecule has 3 aromatic rings. The summed E-state index contributed by atoms with van der Waals surface area (Å²) in [6.07, 6.45) is 4.24. The van der Waals surface area contributed by atoms with Crippen LogP contribution in [0.2, 0.25) is 0 Å². The molecular formula is C33H43FN8O3. The van der Waals surface area contributed by atoms with Crippen molar-refractivity contribution in [2.45, 2.75) is 44.3 Å². The number of halogens is 1. The maximum Gasteiger partial charge on any atom is 0.255 e. The van der Waals surface area contributed by atoms with Crippen LogP contribution in [0.1, 0.15) is 58.0 Å². The standard InChI is InChI=1S/C33H43FN8O3/c1-45-28-7-6-24(34)16-27(28)33(44)38-19-21-2-4-23(5-3-21)30-29(32(36)43)31(35)42(39-30)26-10-14-41(15-11-26)25-8-12-40(13-9-25)20-22-17-37-18-22/h2-7,16,22,25-26,37H,8-15,17-20,35H2,1H3,(H2,36,43)(H,38,44). The average molecular weight is 619 g/mol. The molecule has 3 aliphatic rings. The molecule has 2 aromatic carbocycles. The third kappa shape index (κ3) is 6.82. The van der Waals surface area contributed by atoms with E-state index in [4.69, 9.17) is 21.3 Å². The Kier molecular flexibility index (Phi) is 9.34. The van der Waals surface area contributed by atoms with Crippen LogP contribution in [-0.2, 0) is 6.54 Å². The molecule has 0 radical (unpaired) electrons. The van der Waals surface area contributed by atoms with E-state index < -0.39 is 17.6 Å². The Morgan fingerprint density at radius 1 is 1.02 bits per heavy atom. The van der Waals surface area contributed by atoms with Crippen molar-refractivity contribution in [1.82, 2.24) is 30.2 Å². The lowest BCUT2D eigenvalue weighted by Crippen LogP contribution is -2.52. The number of methoxy groups -OCH3 is 1. The van der Waals surface area contributed by atoms with Gasteiger partial charge in [-0.1, -0.05) is 24.3 Å². The van der Waals surface area contributed by atoms with E-state index in [1.165, 1.54) is 51.7 Å². The average Bonchev–Trinajstić information content (AvgIpc) is 3.39. The summed E-state index contributed by atoms with van der Waals surface area (Å²) in [5.41, 5.74) is 14.6. The Balaban J connectivity index is 1.07. The first-order valence-electron chi connectivity index (χ1n) is 15.9. The lowest BCUT2D eigenvalue weighted by molar-refractivity contribution is 0.0682. The molecule has 11 nitrogen and oxygen atoms in total. The molecule has 1 aromatic heterocycles. The van der Waals surface area contributed by atoms with Crippen molar-refractivity contribution in [2.24, 2.45) is 11.7 Å². The molecule has 6 N–H and O–H groups in total. The zero-order valence-electron chi connectivity index (χ0n) is 25.8. The van der Waals surface area contributed by atoms with E-state index in [0.717, 1.165) is 56.6 Å². The zero-order valence-corrected chi connectivity index (χ0v) is 25.8. The van der Waals surface area contributed by atoms with Crippen LogP contribution in [-0.4, -0.2) is 90.4 Å². The van der Waals surface area contributed by atoms with Gasteiger partial charge in [-0.15, -0.1) is 0 Å². The van der Waals surface area contributed by atoms with Gasteiger partial charge in [-0.05, 0) is 68.5 Å². The number of aromatic nitrogens is 2. The summed E-state index contributed by atoms with van der Waals surface area (Å²) in [5.74, 6) is -0.175. The maximum absolute atomic E-state index is 13.7. The van der Waals surface area contributed by atoms with Crippen molar-refractivity contribution in [2.75, 3.05) is 58.7 Å². The largest absolute Gasteiger partial charge is 0.496 e. The second kappa shape index (κ2) is 13.6. The van der Waals surface area contributed by atoms with E-state index in [-0.39, 0.29) is 23.7 Å². The quantitative estimate of drug-likeness (QED) is 0.272. The number of carbonyl (C=O) groups is 2. The minimum atomic E-state index is -0.615. The number of likely N-dealkylation sites (tertiary alicyclic amines) is 2. The second-order valence-electron chi connectivity index (χ2n) is 12.5. The molecule has 0 spiro atoms. The number of hydrogen-bond donors (Lipinski definition) is 4. The number of carbonyl (C=O) groups excluding carboxylic acids is 2. The molecule has 0 bridgehead atoms. The number of nitrogens with one attached hydrogen (secondary N) is 2. The summed E-state index contributed by atoms with van der Waals surface area (Å²) in [5, 5.41) is 11.0. The second-order valence-corrected chi connectivity index (χ2v) is 12.5. The number of primary amides is 1. The highest BCUT2D eigenvalue weighted by atomic mass is 19.1. The van der Waals surface area contributed by atoms with Crippen LogP contribution in [0.4, 0.5) is 10.2 Å². The lowest BCUT2D eigenvalue weighted by Gasteiger charge is -2.43. The Bertz CT molecular complexity index is 1510. The third-order valence-corrected chi connectivity index (χ3v) is 9.58. The predicted molar refractivity (Wildman–Crippen MR) is 170 cm³/mol. The number of ether oxygens (including phenoxy) is 1. The van der Waals surface area contributed by atoms with Crippen LogP contribution in [0.5, 0.6) is 5.75 Å². The van der Waals surface area contributed by atoms with Crippen molar-refractivity contribution in [1.29, 1.82) is 0 Å². The minimum Gasteiger partial charge on any atom is -0.496 e. The summed E-state index contributed by atoms with van der Waals surface area (Å²) in [7, 11) is 1.43. The molecule has 3 fully saturated rings. The number of hydrogen-bond acceptors (Lipinski definition) is 8. The van der Waals surface area contributed by atoms with Gasteiger partial charge in [-0.2, -0.15) is 5.10 Å². The highest BCUT2D eigenvalue weighted by Crippen LogP contribution is 2.34. The Hall–Kier alpha value is -4.00. The molecule has 2 amide bonds. The molecule has 12 heteroatoms. The fraction of sp³-hybridized carbons (Fsp3) is 0.485. The van der Waals surface area contributed by atoms with Gasteiger partial charge in [0.15, 0.2) is 0 Å². The summed E-state index contributed by atoms with van der Waals surface area (Å²) < 4.78 is 20.7. The van der Waals surface area contributed by atoms with Crippen LogP contribution < -0.4 is 26.8 Å². The molecule has 0 unspecified atom stereocenters. The zero-order chi connectivity index (χ0) is 31.5. The van der Waals surface area contributed by atoms with Crippen molar-refractivity contribution in [3.63, 3.8) is 0 Å². The molecule has 3 saturated heterocycles. The van der Waals surface area contributed by atoms with Gasteiger partial charge in [0.2, 0.25) is 0 Å². The fourth-order valence-corrected chi connectivity index (χ4v) is 6.89. The molecule has 0 atom stereocenters. The van der Waals surface area contributed by atoms with Gasteiger partial charge in [0.1, 0.15) is 28.6 Å². The number of benzene rings is 2. The number of piperidine rings is 2. The highest BCUT2D eigenvalue weighted by Gasteiger charge is 2.32. The van der Waals surface area contributed by atoms with E-state index in [2.05, 4.69) is 20.4 Å². The molecule has 240 valence electrons. The predicted octanol–water partition coefficient (Wildman–Crippen LogP) is 2.63. The van der Waals surface area contributed by atoms with Gasteiger partial charge < -0.3 is 36.6 Å². The third-order valence-electron chi connectivity index (χ3n) is 9.58. The van der Waals surface area contributed by atoms with E-state index in [9.17, 15) is 14.0 Å². The number of nitrogen functional groups attached to an aromatic ring is 1. The molecular weight excluding hydrogens is 575 g/mol. The van der Waals surface area contributed by atoms with Crippen LogP contribution in [0, 0.1) is 11.7 Å². The van der Waals surface area contributed by atoms with Gasteiger partial charge in [0, 0.05) is 50.9 Å². The van der Waals surface area contributed by atoms with E-state index >= 15 is 0 Å². The van der Waals surface area contributed by atoms with Gasteiger partial charge in [-0.3, -0.25) is 9.59 Å². The number of anilines is 1. The molecule has 45 heavy (non-hydrogen) atoms. The van der Waals surface area contributed by atoms with Crippen molar-refractivity contribution in [3.8, 4) is 17.0 Å². The summed E-state index contributed by atoms with van der Waals surface area (Å²) in [6, 6.07) is 11.9. The first kappa shape index (κ1) is 31.0.